The van der Waals surface area contributed by atoms with Gasteiger partial charge in [0.1, 0.15) is 5.76 Å². The lowest BCUT2D eigenvalue weighted by Crippen LogP contribution is -2.34. The van der Waals surface area contributed by atoms with Gasteiger partial charge in [-0.25, -0.2) is 0 Å². The van der Waals surface area contributed by atoms with Gasteiger partial charge >= 0.3 is 0 Å². The van der Waals surface area contributed by atoms with Crippen LogP contribution in [0.4, 0.5) is 0 Å². The van der Waals surface area contributed by atoms with Gasteiger partial charge in [0.05, 0.1) is 12.3 Å². The number of furan rings is 1. The van der Waals surface area contributed by atoms with E-state index in [0.717, 1.165) is 43.6 Å². The third-order valence-corrected chi connectivity index (χ3v) is 4.32. The molecule has 4 heteroatoms. The third kappa shape index (κ3) is 3.56. The molecule has 116 valence electrons. The van der Waals surface area contributed by atoms with E-state index < -0.39 is 0 Å². The minimum Gasteiger partial charge on any atom is -0.467 e. The van der Waals surface area contributed by atoms with Crippen LogP contribution in [0.1, 0.15) is 49.5 Å². The highest BCUT2D eigenvalue weighted by Crippen LogP contribution is 2.31. The third-order valence-electron chi connectivity index (χ3n) is 4.32. The van der Waals surface area contributed by atoms with Gasteiger partial charge in [-0.3, -0.25) is 9.78 Å². The Morgan fingerprint density at radius 3 is 2.86 bits per heavy atom. The van der Waals surface area contributed by atoms with Crippen molar-refractivity contribution in [3.05, 3.63) is 54.2 Å². The van der Waals surface area contributed by atoms with Crippen molar-refractivity contribution < 1.29 is 9.21 Å². The normalized spacial score (nSPS) is 18.9. The van der Waals surface area contributed by atoms with E-state index in [4.69, 9.17) is 4.42 Å². The molecule has 0 aromatic carbocycles. The smallest absolute Gasteiger partial charge is 0.223 e. The van der Waals surface area contributed by atoms with Gasteiger partial charge in [-0.2, -0.15) is 0 Å². The van der Waals surface area contributed by atoms with E-state index in [1.165, 1.54) is 6.42 Å². The van der Waals surface area contributed by atoms with Crippen LogP contribution in [-0.4, -0.2) is 22.3 Å². The van der Waals surface area contributed by atoms with E-state index in [-0.39, 0.29) is 11.9 Å². The summed E-state index contributed by atoms with van der Waals surface area (Å²) in [4.78, 5) is 18.7. The molecule has 0 spiro atoms. The number of aryl methyl sites for hydroxylation is 1. The molecule has 0 N–H and O–H groups in total. The average molecular weight is 298 g/mol. The van der Waals surface area contributed by atoms with E-state index >= 15 is 0 Å². The highest BCUT2D eigenvalue weighted by molar-refractivity contribution is 5.77. The standard InChI is InChI=1S/C18H22N2O2/c21-18(8-7-15-9-11-19-12-10-15)20-13-3-1-2-5-16(20)17-6-4-14-22-17/h4,6,9-12,14,16H,1-3,5,7-8,13H2/t16-/m1/s1. The molecule has 1 fully saturated rings. The Kier molecular flexibility index (Phi) is 4.88. The lowest BCUT2D eigenvalue weighted by Gasteiger charge is -2.28. The largest absolute Gasteiger partial charge is 0.467 e. The Morgan fingerprint density at radius 1 is 1.23 bits per heavy atom. The molecular weight excluding hydrogens is 276 g/mol. The van der Waals surface area contributed by atoms with E-state index in [9.17, 15) is 4.79 Å². The molecule has 3 heterocycles. The zero-order valence-corrected chi connectivity index (χ0v) is 12.8. The van der Waals surface area contributed by atoms with Crippen LogP contribution in [0.5, 0.6) is 0 Å². The lowest BCUT2D eigenvalue weighted by molar-refractivity contribution is -0.134. The van der Waals surface area contributed by atoms with E-state index in [1.54, 1.807) is 18.7 Å². The predicted octanol–water partition coefficient (Wildman–Crippen LogP) is 3.75. The molecule has 0 unspecified atom stereocenters. The van der Waals surface area contributed by atoms with Gasteiger partial charge in [0.2, 0.25) is 5.91 Å². The molecule has 1 atom stereocenters. The second-order valence-electron chi connectivity index (χ2n) is 5.82. The summed E-state index contributed by atoms with van der Waals surface area (Å²) >= 11 is 0. The molecule has 0 radical (unpaired) electrons. The molecule has 1 aliphatic heterocycles. The topological polar surface area (TPSA) is 46.3 Å². The number of nitrogens with zero attached hydrogens (tertiary/aromatic N) is 2. The maximum absolute atomic E-state index is 12.7. The average Bonchev–Trinajstić information content (AvgIpc) is 2.98. The minimum absolute atomic E-state index is 0.0995. The number of hydrogen-bond donors (Lipinski definition) is 0. The van der Waals surface area contributed by atoms with E-state index in [2.05, 4.69) is 4.98 Å². The first-order valence-electron chi connectivity index (χ1n) is 8.06. The molecule has 2 aromatic heterocycles. The van der Waals surface area contributed by atoms with Gasteiger partial charge in [0.15, 0.2) is 0 Å². The summed E-state index contributed by atoms with van der Waals surface area (Å²) in [5.41, 5.74) is 1.16. The minimum atomic E-state index is 0.0995. The molecule has 0 bridgehead atoms. The van der Waals surface area contributed by atoms with Crippen LogP contribution in [0.25, 0.3) is 0 Å². The maximum Gasteiger partial charge on any atom is 0.223 e. The quantitative estimate of drug-likeness (QED) is 0.863. The number of amides is 1. The Hall–Kier alpha value is -2.10. The highest BCUT2D eigenvalue weighted by atomic mass is 16.3. The van der Waals surface area contributed by atoms with Crippen LogP contribution in [0.15, 0.2) is 47.3 Å². The number of rotatable bonds is 4. The Bertz CT molecular complexity index is 580. The molecule has 4 nitrogen and oxygen atoms in total. The van der Waals surface area contributed by atoms with Gasteiger partial charge in [-0.05, 0) is 49.1 Å². The van der Waals surface area contributed by atoms with Gasteiger partial charge in [-0.15, -0.1) is 0 Å². The number of likely N-dealkylation sites (tertiary alicyclic amines) is 1. The Morgan fingerprint density at radius 2 is 2.09 bits per heavy atom. The van der Waals surface area contributed by atoms with Crippen molar-refractivity contribution in [1.29, 1.82) is 0 Å². The van der Waals surface area contributed by atoms with Crippen molar-refractivity contribution in [2.75, 3.05) is 6.54 Å². The first-order valence-corrected chi connectivity index (χ1v) is 8.06. The van der Waals surface area contributed by atoms with Gasteiger partial charge in [0.25, 0.3) is 0 Å². The predicted molar refractivity (Wildman–Crippen MR) is 84.2 cm³/mol. The fourth-order valence-electron chi connectivity index (χ4n) is 3.13. The number of hydrogen-bond acceptors (Lipinski definition) is 3. The molecule has 0 saturated carbocycles. The van der Waals surface area contributed by atoms with Crippen LogP contribution in [0, 0.1) is 0 Å². The fourth-order valence-corrected chi connectivity index (χ4v) is 3.13. The molecule has 1 aliphatic rings. The lowest BCUT2D eigenvalue weighted by atomic mass is 10.1. The molecule has 1 amide bonds. The number of pyridine rings is 1. The summed E-state index contributed by atoms with van der Waals surface area (Å²) in [7, 11) is 0. The highest BCUT2D eigenvalue weighted by Gasteiger charge is 2.28. The molecule has 0 aliphatic carbocycles. The van der Waals surface area contributed by atoms with Crippen molar-refractivity contribution in [1.82, 2.24) is 9.88 Å². The summed E-state index contributed by atoms with van der Waals surface area (Å²) in [6.07, 6.45) is 11.0. The van der Waals surface area contributed by atoms with Crippen LogP contribution in [0.3, 0.4) is 0 Å². The maximum atomic E-state index is 12.7. The second-order valence-corrected chi connectivity index (χ2v) is 5.82. The van der Waals surface area contributed by atoms with Gasteiger partial charge in [0, 0.05) is 25.4 Å². The van der Waals surface area contributed by atoms with Crippen molar-refractivity contribution in [3.63, 3.8) is 0 Å². The van der Waals surface area contributed by atoms with Gasteiger partial charge < -0.3 is 9.32 Å². The SMILES string of the molecule is O=C(CCc1ccncc1)N1CCCCC[C@@H]1c1ccco1. The van der Waals surface area contributed by atoms with Crippen LogP contribution in [0.2, 0.25) is 0 Å². The number of carbonyl (C=O) groups excluding carboxylic acids is 1. The fraction of sp³-hybridized carbons (Fsp3) is 0.444. The van der Waals surface area contributed by atoms with Crippen molar-refractivity contribution in [2.45, 2.75) is 44.6 Å². The Labute approximate surface area is 131 Å². The number of aromatic nitrogens is 1. The summed E-state index contributed by atoms with van der Waals surface area (Å²) in [6.45, 7) is 0.834. The molecule has 2 aromatic rings. The zero-order chi connectivity index (χ0) is 15.2. The molecule has 3 rings (SSSR count). The molecule has 1 saturated heterocycles. The van der Waals surface area contributed by atoms with Crippen LogP contribution < -0.4 is 0 Å². The summed E-state index contributed by atoms with van der Waals surface area (Å²) in [6, 6.07) is 7.93. The number of carbonyl (C=O) groups is 1. The summed E-state index contributed by atoms with van der Waals surface area (Å²) in [5.74, 6) is 1.14. The first-order chi connectivity index (χ1) is 10.8. The van der Waals surface area contributed by atoms with Crippen LogP contribution >= 0.6 is 0 Å². The van der Waals surface area contributed by atoms with Crippen LogP contribution in [-0.2, 0) is 11.2 Å². The second kappa shape index (κ2) is 7.25. The zero-order valence-electron chi connectivity index (χ0n) is 12.8. The summed E-state index contributed by atoms with van der Waals surface area (Å²) in [5, 5.41) is 0. The van der Waals surface area contributed by atoms with E-state index in [1.807, 2.05) is 29.2 Å². The Balaban J connectivity index is 1.67. The van der Waals surface area contributed by atoms with Gasteiger partial charge in [-0.1, -0.05) is 12.8 Å². The van der Waals surface area contributed by atoms with Crippen molar-refractivity contribution in [3.8, 4) is 0 Å². The monoisotopic (exact) mass is 298 g/mol. The molecular formula is C18H22N2O2. The van der Waals surface area contributed by atoms with Crippen molar-refractivity contribution in [2.24, 2.45) is 0 Å². The molecule has 22 heavy (non-hydrogen) atoms. The summed E-state index contributed by atoms with van der Waals surface area (Å²) < 4.78 is 5.57. The van der Waals surface area contributed by atoms with Crippen molar-refractivity contribution >= 4 is 5.91 Å². The van der Waals surface area contributed by atoms with E-state index in [0.29, 0.717) is 6.42 Å². The first kappa shape index (κ1) is 14.8.